The van der Waals surface area contributed by atoms with Gasteiger partial charge in [-0.15, -0.1) is 0 Å². The van der Waals surface area contributed by atoms with Crippen LogP contribution in [0.1, 0.15) is 6.92 Å². The molecule has 0 atom stereocenters. The summed E-state index contributed by atoms with van der Waals surface area (Å²) in [6.45, 7) is 1.67. The molecule has 1 rings (SSSR count). The molecule has 0 fully saturated rings. The lowest BCUT2D eigenvalue weighted by molar-refractivity contribution is 0.321. The van der Waals surface area contributed by atoms with Gasteiger partial charge in [0.15, 0.2) is 0 Å². The molecule has 1 aromatic carbocycles. The second kappa shape index (κ2) is 6.80. The summed E-state index contributed by atoms with van der Waals surface area (Å²) < 4.78 is 6.53. The Morgan fingerprint density at radius 3 is 2.44 bits per heavy atom. The lowest BCUT2D eigenvalue weighted by Crippen LogP contribution is -2.17. The SMILES string of the molecule is CN=C(Oc1ccc(Br)cc1)C(/C=N/O)=C(C)N. The summed E-state index contributed by atoms with van der Waals surface area (Å²) >= 11 is 3.34. The van der Waals surface area contributed by atoms with Crippen molar-refractivity contribution in [2.75, 3.05) is 7.05 Å². The van der Waals surface area contributed by atoms with Crippen molar-refractivity contribution in [3.8, 4) is 5.75 Å². The average molecular weight is 312 g/mol. The van der Waals surface area contributed by atoms with Crippen LogP contribution < -0.4 is 10.5 Å². The molecular formula is C12H14BrN3O2. The van der Waals surface area contributed by atoms with Crippen LogP contribution in [0.5, 0.6) is 5.75 Å². The molecule has 0 heterocycles. The highest BCUT2D eigenvalue weighted by Crippen LogP contribution is 2.17. The molecule has 0 radical (unpaired) electrons. The lowest BCUT2D eigenvalue weighted by atomic mass is 10.2. The van der Waals surface area contributed by atoms with E-state index in [1.165, 1.54) is 6.21 Å². The number of hydrogen-bond acceptors (Lipinski definition) is 5. The van der Waals surface area contributed by atoms with Crippen LogP contribution in [0.4, 0.5) is 0 Å². The Morgan fingerprint density at radius 1 is 1.39 bits per heavy atom. The van der Waals surface area contributed by atoms with Gasteiger partial charge in [0.2, 0.25) is 5.90 Å². The minimum Gasteiger partial charge on any atom is -0.439 e. The smallest absolute Gasteiger partial charge is 0.225 e. The number of oxime groups is 1. The van der Waals surface area contributed by atoms with Crippen LogP contribution in [-0.4, -0.2) is 24.4 Å². The van der Waals surface area contributed by atoms with Crippen molar-refractivity contribution in [2.45, 2.75) is 6.92 Å². The van der Waals surface area contributed by atoms with Gasteiger partial charge in [-0.25, -0.2) is 0 Å². The van der Waals surface area contributed by atoms with E-state index in [0.29, 0.717) is 17.0 Å². The van der Waals surface area contributed by atoms with E-state index < -0.39 is 0 Å². The molecule has 1 aromatic rings. The summed E-state index contributed by atoms with van der Waals surface area (Å²) in [6.07, 6.45) is 1.19. The number of rotatable bonds is 3. The Balaban J connectivity index is 2.99. The maximum atomic E-state index is 8.60. The summed E-state index contributed by atoms with van der Waals surface area (Å²) in [6, 6.07) is 7.27. The first kappa shape index (κ1) is 14.2. The van der Waals surface area contributed by atoms with Crippen molar-refractivity contribution in [3.05, 3.63) is 40.0 Å². The van der Waals surface area contributed by atoms with Crippen LogP contribution in [0.15, 0.2) is 50.2 Å². The number of allylic oxidation sites excluding steroid dienone is 1. The summed E-state index contributed by atoms with van der Waals surface area (Å²) in [5.41, 5.74) is 6.57. The van der Waals surface area contributed by atoms with Crippen LogP contribution in [0.3, 0.4) is 0 Å². The van der Waals surface area contributed by atoms with Gasteiger partial charge in [-0.3, -0.25) is 4.99 Å². The fraction of sp³-hybridized carbons (Fsp3) is 0.167. The van der Waals surface area contributed by atoms with Gasteiger partial charge in [-0.1, -0.05) is 21.1 Å². The van der Waals surface area contributed by atoms with Crippen LogP contribution in [0, 0.1) is 0 Å². The molecule has 18 heavy (non-hydrogen) atoms. The molecule has 0 aliphatic heterocycles. The van der Waals surface area contributed by atoms with E-state index in [4.69, 9.17) is 15.7 Å². The van der Waals surface area contributed by atoms with E-state index in [1.807, 2.05) is 12.1 Å². The van der Waals surface area contributed by atoms with Gasteiger partial charge in [-0.2, -0.15) is 0 Å². The molecule has 0 aliphatic carbocycles. The topological polar surface area (TPSA) is 80.2 Å². The first-order valence-electron chi connectivity index (χ1n) is 5.12. The predicted molar refractivity (Wildman–Crippen MR) is 75.3 cm³/mol. The summed E-state index contributed by atoms with van der Waals surface area (Å²) in [7, 11) is 1.57. The van der Waals surface area contributed by atoms with Gasteiger partial charge < -0.3 is 15.7 Å². The van der Waals surface area contributed by atoms with Crippen molar-refractivity contribution < 1.29 is 9.94 Å². The highest BCUT2D eigenvalue weighted by molar-refractivity contribution is 9.10. The molecule has 0 bridgehead atoms. The maximum Gasteiger partial charge on any atom is 0.225 e. The number of halogens is 1. The second-order valence-electron chi connectivity index (χ2n) is 3.43. The van der Waals surface area contributed by atoms with E-state index in [1.54, 1.807) is 26.1 Å². The number of hydrogen-bond donors (Lipinski definition) is 2. The number of ether oxygens (including phenoxy) is 1. The first-order valence-corrected chi connectivity index (χ1v) is 5.92. The van der Waals surface area contributed by atoms with Gasteiger partial charge in [0.25, 0.3) is 0 Å². The van der Waals surface area contributed by atoms with Crippen molar-refractivity contribution in [1.29, 1.82) is 0 Å². The second-order valence-corrected chi connectivity index (χ2v) is 4.34. The molecule has 6 heteroatoms. The Labute approximate surface area is 114 Å². The van der Waals surface area contributed by atoms with E-state index >= 15 is 0 Å². The quantitative estimate of drug-likeness (QED) is 0.389. The Bertz CT molecular complexity index is 489. The van der Waals surface area contributed by atoms with Gasteiger partial charge >= 0.3 is 0 Å². The van der Waals surface area contributed by atoms with E-state index in [2.05, 4.69) is 26.1 Å². The molecule has 3 N–H and O–H groups in total. The zero-order valence-electron chi connectivity index (χ0n) is 10.1. The van der Waals surface area contributed by atoms with Crippen molar-refractivity contribution >= 4 is 28.0 Å². The molecule has 0 aromatic heterocycles. The van der Waals surface area contributed by atoms with Crippen LogP contribution in [-0.2, 0) is 0 Å². The van der Waals surface area contributed by atoms with E-state index in [-0.39, 0.29) is 5.90 Å². The van der Waals surface area contributed by atoms with Gasteiger partial charge in [0.1, 0.15) is 5.75 Å². The van der Waals surface area contributed by atoms with Crippen molar-refractivity contribution in [1.82, 2.24) is 0 Å². The van der Waals surface area contributed by atoms with Crippen LogP contribution in [0.2, 0.25) is 0 Å². The molecule has 0 aliphatic rings. The van der Waals surface area contributed by atoms with Gasteiger partial charge in [-0.05, 0) is 31.2 Å². The van der Waals surface area contributed by atoms with Crippen LogP contribution in [0.25, 0.3) is 0 Å². The minimum atomic E-state index is 0.287. The third-order valence-electron chi connectivity index (χ3n) is 2.07. The number of nitrogens with two attached hydrogens (primary N) is 1. The summed E-state index contributed by atoms with van der Waals surface area (Å²) in [5, 5.41) is 11.5. The zero-order valence-corrected chi connectivity index (χ0v) is 11.7. The van der Waals surface area contributed by atoms with Crippen LogP contribution >= 0.6 is 15.9 Å². The summed E-state index contributed by atoms with van der Waals surface area (Å²) in [4.78, 5) is 3.99. The average Bonchev–Trinajstić information content (AvgIpc) is 2.35. The highest BCUT2D eigenvalue weighted by atomic mass is 79.9. The monoisotopic (exact) mass is 311 g/mol. The third kappa shape index (κ3) is 3.89. The maximum absolute atomic E-state index is 8.60. The first-order chi connectivity index (χ1) is 8.58. The number of aliphatic imine (C=N–C) groups is 1. The van der Waals surface area contributed by atoms with Gasteiger partial charge in [0, 0.05) is 17.2 Å². The highest BCUT2D eigenvalue weighted by Gasteiger charge is 2.10. The van der Waals surface area contributed by atoms with Crippen molar-refractivity contribution in [2.24, 2.45) is 15.9 Å². The van der Waals surface area contributed by atoms with E-state index in [9.17, 15) is 0 Å². The number of benzene rings is 1. The largest absolute Gasteiger partial charge is 0.439 e. The lowest BCUT2D eigenvalue weighted by Gasteiger charge is -2.10. The molecule has 96 valence electrons. The summed E-state index contributed by atoms with van der Waals surface area (Å²) in [5.74, 6) is 0.902. The Kier molecular flexibility index (Phi) is 5.38. The Hall–Kier alpha value is -1.82. The predicted octanol–water partition coefficient (Wildman–Crippen LogP) is 2.55. The molecule has 0 saturated heterocycles. The fourth-order valence-corrected chi connectivity index (χ4v) is 1.48. The molecule has 5 nitrogen and oxygen atoms in total. The molecule has 0 unspecified atom stereocenters. The van der Waals surface area contributed by atoms with Gasteiger partial charge in [0.05, 0.1) is 11.8 Å². The molecule has 0 spiro atoms. The molecular weight excluding hydrogens is 298 g/mol. The normalized spacial score (nSPS) is 13.6. The fourth-order valence-electron chi connectivity index (χ4n) is 1.22. The molecule has 0 saturated carbocycles. The minimum absolute atomic E-state index is 0.287. The van der Waals surface area contributed by atoms with E-state index in [0.717, 1.165) is 4.47 Å². The Morgan fingerprint density at radius 2 is 2.00 bits per heavy atom. The third-order valence-corrected chi connectivity index (χ3v) is 2.60. The number of nitrogens with zero attached hydrogens (tertiary/aromatic N) is 2. The zero-order chi connectivity index (χ0) is 13.5. The standard InChI is InChI=1S/C12H14BrN3O2/c1-8(14)11(7-16-17)12(15-2)18-10-5-3-9(13)4-6-10/h3-7,17H,14H2,1-2H3/b11-8?,15-12?,16-7+. The molecule has 0 amide bonds. The van der Waals surface area contributed by atoms with Crippen molar-refractivity contribution in [3.63, 3.8) is 0 Å².